The predicted molar refractivity (Wildman–Crippen MR) is 62.5 cm³/mol. The molecular weight excluding hydrogens is 207 g/mol. The zero-order valence-electron chi connectivity index (χ0n) is 9.53. The Balaban J connectivity index is 2.68. The lowest BCUT2D eigenvalue weighted by atomic mass is 10.0. The average molecular weight is 224 g/mol. The molecule has 0 bridgehead atoms. The summed E-state index contributed by atoms with van der Waals surface area (Å²) < 4.78 is 12.7. The molecule has 1 aromatic rings. The van der Waals surface area contributed by atoms with Gasteiger partial charge in [-0.05, 0) is 36.6 Å². The summed E-state index contributed by atoms with van der Waals surface area (Å²) in [6, 6.07) is 5.45. The van der Waals surface area contributed by atoms with Gasteiger partial charge in [0.1, 0.15) is 11.9 Å². The Labute approximate surface area is 94.8 Å². The van der Waals surface area contributed by atoms with Crippen molar-refractivity contribution in [3.8, 4) is 0 Å². The van der Waals surface area contributed by atoms with Gasteiger partial charge in [-0.1, -0.05) is 13.8 Å². The summed E-state index contributed by atoms with van der Waals surface area (Å²) in [5.74, 6) is -0.325. The van der Waals surface area contributed by atoms with Crippen molar-refractivity contribution in [1.82, 2.24) is 0 Å². The molecule has 3 nitrogen and oxygen atoms in total. The maximum Gasteiger partial charge on any atom is 0.239 e. The normalized spacial score (nSPS) is 12.5. The van der Waals surface area contributed by atoms with Gasteiger partial charge in [-0.2, -0.15) is 0 Å². The van der Waals surface area contributed by atoms with E-state index in [1.54, 1.807) is 12.1 Å². The molecule has 0 aromatic heterocycles. The third-order valence-corrected chi connectivity index (χ3v) is 2.24. The molecule has 0 saturated carbocycles. The van der Waals surface area contributed by atoms with Gasteiger partial charge in [0.2, 0.25) is 5.91 Å². The van der Waals surface area contributed by atoms with Gasteiger partial charge in [-0.15, -0.1) is 0 Å². The lowest BCUT2D eigenvalue weighted by molar-refractivity contribution is -0.119. The number of benzene rings is 1. The van der Waals surface area contributed by atoms with Crippen LogP contribution >= 0.6 is 0 Å². The van der Waals surface area contributed by atoms with Crippen molar-refractivity contribution in [2.24, 2.45) is 11.7 Å². The molecule has 1 aromatic carbocycles. The van der Waals surface area contributed by atoms with Crippen molar-refractivity contribution in [3.05, 3.63) is 30.1 Å². The number of rotatable bonds is 5. The fourth-order valence-electron chi connectivity index (χ4n) is 1.46. The first-order chi connectivity index (χ1) is 7.49. The fourth-order valence-corrected chi connectivity index (χ4v) is 1.46. The zero-order valence-corrected chi connectivity index (χ0v) is 9.53. The van der Waals surface area contributed by atoms with Gasteiger partial charge in [0.05, 0.1) is 0 Å². The molecule has 0 aliphatic rings. The van der Waals surface area contributed by atoms with Crippen LogP contribution in [0.25, 0.3) is 0 Å². The van der Waals surface area contributed by atoms with Gasteiger partial charge in [0.15, 0.2) is 0 Å². The molecule has 4 heteroatoms. The fraction of sp³-hybridized carbons (Fsp3) is 0.417. The molecule has 1 atom stereocenters. The van der Waals surface area contributed by atoms with Crippen molar-refractivity contribution in [2.45, 2.75) is 26.3 Å². The lowest BCUT2D eigenvalue weighted by Crippen LogP contribution is -2.36. The van der Waals surface area contributed by atoms with E-state index in [4.69, 9.17) is 5.73 Å². The molecule has 0 spiro atoms. The van der Waals surface area contributed by atoms with E-state index in [9.17, 15) is 9.18 Å². The summed E-state index contributed by atoms with van der Waals surface area (Å²) in [6.07, 6.45) is 0.659. The van der Waals surface area contributed by atoms with Crippen LogP contribution in [0.1, 0.15) is 20.3 Å². The molecule has 88 valence electrons. The van der Waals surface area contributed by atoms with Crippen molar-refractivity contribution in [2.75, 3.05) is 5.32 Å². The van der Waals surface area contributed by atoms with Gasteiger partial charge < -0.3 is 11.1 Å². The molecule has 1 rings (SSSR count). The number of primary amides is 1. The number of anilines is 1. The van der Waals surface area contributed by atoms with Crippen LogP contribution in [0.4, 0.5) is 10.1 Å². The second kappa shape index (κ2) is 5.49. The first-order valence-electron chi connectivity index (χ1n) is 5.30. The van der Waals surface area contributed by atoms with E-state index in [-0.39, 0.29) is 5.82 Å². The summed E-state index contributed by atoms with van der Waals surface area (Å²) in [5.41, 5.74) is 5.99. The number of hydrogen-bond acceptors (Lipinski definition) is 2. The summed E-state index contributed by atoms with van der Waals surface area (Å²) in [7, 11) is 0. The topological polar surface area (TPSA) is 55.1 Å². The zero-order chi connectivity index (χ0) is 12.1. The summed E-state index contributed by atoms with van der Waals surface area (Å²) in [4.78, 5) is 11.2. The average Bonchev–Trinajstić information content (AvgIpc) is 2.19. The minimum Gasteiger partial charge on any atom is -0.374 e. The highest BCUT2D eigenvalue weighted by atomic mass is 19.1. The Morgan fingerprint density at radius 1 is 1.38 bits per heavy atom. The second-order valence-corrected chi connectivity index (χ2v) is 4.24. The van der Waals surface area contributed by atoms with E-state index in [1.807, 2.05) is 13.8 Å². The summed E-state index contributed by atoms with van der Waals surface area (Å²) in [6.45, 7) is 4.03. The van der Waals surface area contributed by atoms with Gasteiger partial charge in [0, 0.05) is 5.69 Å². The number of carbonyl (C=O) groups is 1. The van der Waals surface area contributed by atoms with Gasteiger partial charge >= 0.3 is 0 Å². The van der Waals surface area contributed by atoms with Crippen LogP contribution < -0.4 is 11.1 Å². The first kappa shape index (κ1) is 12.5. The number of nitrogens with one attached hydrogen (secondary N) is 1. The second-order valence-electron chi connectivity index (χ2n) is 4.24. The third-order valence-electron chi connectivity index (χ3n) is 2.24. The van der Waals surface area contributed by atoms with Crippen molar-refractivity contribution in [1.29, 1.82) is 0 Å². The number of halogens is 1. The lowest BCUT2D eigenvalue weighted by Gasteiger charge is -2.18. The van der Waals surface area contributed by atoms with Crippen molar-refractivity contribution >= 4 is 11.6 Å². The molecule has 0 saturated heterocycles. The highest BCUT2D eigenvalue weighted by Gasteiger charge is 2.16. The molecule has 1 unspecified atom stereocenters. The van der Waals surface area contributed by atoms with E-state index >= 15 is 0 Å². The van der Waals surface area contributed by atoms with Crippen LogP contribution in [0.5, 0.6) is 0 Å². The van der Waals surface area contributed by atoms with Crippen LogP contribution in [0.3, 0.4) is 0 Å². The Bertz CT molecular complexity index is 349. The van der Waals surface area contributed by atoms with E-state index in [0.717, 1.165) is 0 Å². The standard InChI is InChI=1S/C12H17FN2O/c1-8(2)7-11(12(14)16)15-10-5-3-9(13)4-6-10/h3-6,8,11,15H,7H2,1-2H3,(H2,14,16). The smallest absolute Gasteiger partial charge is 0.239 e. The Kier molecular flexibility index (Phi) is 4.28. The summed E-state index contributed by atoms with van der Waals surface area (Å²) >= 11 is 0. The Morgan fingerprint density at radius 3 is 2.38 bits per heavy atom. The van der Waals surface area contributed by atoms with Crippen molar-refractivity contribution in [3.63, 3.8) is 0 Å². The molecule has 0 fully saturated rings. The number of nitrogens with two attached hydrogens (primary N) is 1. The van der Waals surface area contributed by atoms with Gasteiger partial charge in [-0.25, -0.2) is 4.39 Å². The minimum absolute atomic E-state index is 0.301. The molecule has 1 amide bonds. The minimum atomic E-state index is -0.412. The van der Waals surface area contributed by atoms with Crippen LogP contribution in [0.15, 0.2) is 24.3 Å². The Hall–Kier alpha value is -1.58. The Morgan fingerprint density at radius 2 is 1.94 bits per heavy atom. The maximum absolute atomic E-state index is 12.7. The van der Waals surface area contributed by atoms with Crippen molar-refractivity contribution < 1.29 is 9.18 Å². The highest BCUT2D eigenvalue weighted by Crippen LogP contribution is 2.13. The van der Waals surface area contributed by atoms with Crippen LogP contribution in [-0.4, -0.2) is 11.9 Å². The first-order valence-corrected chi connectivity index (χ1v) is 5.30. The van der Waals surface area contributed by atoms with E-state index in [1.165, 1.54) is 12.1 Å². The van der Waals surface area contributed by atoms with Crippen LogP contribution in [0.2, 0.25) is 0 Å². The molecule has 0 aliphatic heterocycles. The van der Waals surface area contributed by atoms with Gasteiger partial charge in [-0.3, -0.25) is 4.79 Å². The number of amides is 1. The monoisotopic (exact) mass is 224 g/mol. The van der Waals surface area contributed by atoms with E-state index < -0.39 is 11.9 Å². The summed E-state index contributed by atoms with van der Waals surface area (Å²) in [5, 5.41) is 3.00. The number of hydrogen-bond donors (Lipinski definition) is 2. The largest absolute Gasteiger partial charge is 0.374 e. The van der Waals surface area contributed by atoms with Crippen LogP contribution in [0, 0.1) is 11.7 Å². The van der Waals surface area contributed by atoms with E-state index in [2.05, 4.69) is 5.32 Å². The van der Waals surface area contributed by atoms with Gasteiger partial charge in [0.25, 0.3) is 0 Å². The highest BCUT2D eigenvalue weighted by molar-refractivity contribution is 5.82. The third kappa shape index (κ3) is 3.88. The molecule has 0 radical (unpaired) electrons. The number of carbonyl (C=O) groups excluding carboxylic acids is 1. The quantitative estimate of drug-likeness (QED) is 0.805. The molecule has 0 aliphatic carbocycles. The van der Waals surface area contributed by atoms with Crippen LogP contribution in [-0.2, 0) is 4.79 Å². The molecule has 0 heterocycles. The SMILES string of the molecule is CC(C)CC(Nc1ccc(F)cc1)C(N)=O. The molecule has 16 heavy (non-hydrogen) atoms. The predicted octanol–water partition coefficient (Wildman–Crippen LogP) is 2.14. The van der Waals surface area contributed by atoms with E-state index in [0.29, 0.717) is 18.0 Å². The molecular formula is C12H17FN2O. The molecule has 3 N–H and O–H groups in total. The maximum atomic E-state index is 12.7.